The molecule has 0 aliphatic heterocycles. The molecule has 102 valence electrons. The molecule has 0 radical (unpaired) electrons. The molecule has 1 rings (SSSR count). The number of hydrogen-bond donors (Lipinski definition) is 0. The summed E-state index contributed by atoms with van der Waals surface area (Å²) in [5, 5.41) is 0. The van der Waals surface area contributed by atoms with Gasteiger partial charge < -0.3 is 9.47 Å². The molecule has 0 heterocycles. The molecule has 0 aromatic heterocycles. The predicted molar refractivity (Wildman–Crippen MR) is 66.9 cm³/mol. The second kappa shape index (κ2) is 8.01. The van der Waals surface area contributed by atoms with Crippen molar-refractivity contribution in [3.8, 4) is 0 Å². The number of alkyl halides is 1. The van der Waals surface area contributed by atoms with Crippen LogP contribution in [-0.4, -0.2) is 50.7 Å². The molecular formula is C13H26FNO2. The van der Waals surface area contributed by atoms with Gasteiger partial charge in [-0.25, -0.2) is 4.39 Å². The molecule has 0 N–H and O–H groups in total. The summed E-state index contributed by atoms with van der Waals surface area (Å²) in [5.41, 5.74) is 0. The van der Waals surface area contributed by atoms with Crippen LogP contribution in [0.1, 0.15) is 39.0 Å². The van der Waals surface area contributed by atoms with Crippen LogP contribution in [0.4, 0.5) is 4.39 Å². The Morgan fingerprint density at radius 1 is 1.18 bits per heavy atom. The van der Waals surface area contributed by atoms with E-state index in [-0.39, 0.29) is 12.5 Å². The molecule has 1 aliphatic rings. The molecule has 1 saturated carbocycles. The Bertz CT molecular complexity index is 196. The molecule has 1 aliphatic carbocycles. The molecule has 0 bridgehead atoms. The number of halogens is 1. The second-order valence-electron chi connectivity index (χ2n) is 4.65. The van der Waals surface area contributed by atoms with Crippen molar-refractivity contribution in [1.82, 2.24) is 4.90 Å². The van der Waals surface area contributed by atoms with Crippen LogP contribution in [0.25, 0.3) is 0 Å². The summed E-state index contributed by atoms with van der Waals surface area (Å²) in [4.78, 5) is 2.06. The van der Waals surface area contributed by atoms with Crippen molar-refractivity contribution in [3.63, 3.8) is 0 Å². The van der Waals surface area contributed by atoms with Gasteiger partial charge >= 0.3 is 0 Å². The third-order valence-corrected chi connectivity index (χ3v) is 3.61. The highest BCUT2D eigenvalue weighted by molar-refractivity contribution is 4.75. The monoisotopic (exact) mass is 247 g/mol. The van der Waals surface area contributed by atoms with E-state index >= 15 is 0 Å². The predicted octanol–water partition coefficient (Wildman–Crippen LogP) is 2.60. The first-order chi connectivity index (χ1) is 8.26. The van der Waals surface area contributed by atoms with Crippen LogP contribution in [0.15, 0.2) is 0 Å². The van der Waals surface area contributed by atoms with Crippen molar-refractivity contribution in [1.29, 1.82) is 0 Å². The highest BCUT2D eigenvalue weighted by Crippen LogP contribution is 2.31. The average molecular weight is 247 g/mol. The van der Waals surface area contributed by atoms with Crippen molar-refractivity contribution >= 4 is 0 Å². The lowest BCUT2D eigenvalue weighted by molar-refractivity contribution is -0.239. The van der Waals surface area contributed by atoms with E-state index in [1.165, 1.54) is 19.3 Å². The van der Waals surface area contributed by atoms with Crippen molar-refractivity contribution in [2.75, 3.05) is 40.0 Å². The summed E-state index contributed by atoms with van der Waals surface area (Å²) in [6, 6.07) is 0. The van der Waals surface area contributed by atoms with E-state index in [0.29, 0.717) is 13.2 Å². The summed E-state index contributed by atoms with van der Waals surface area (Å²) in [7, 11) is 1.73. The molecule has 0 spiro atoms. The fourth-order valence-electron chi connectivity index (χ4n) is 2.41. The standard InChI is InChI=1S/C13H26FNO2/c1-3-15(10-9-14)11-12-17-13(16-2)7-5-4-6-8-13/h3-12H2,1-2H3. The summed E-state index contributed by atoms with van der Waals surface area (Å²) in [6.45, 7) is 4.53. The largest absolute Gasteiger partial charge is 0.353 e. The van der Waals surface area contributed by atoms with Crippen molar-refractivity contribution in [2.45, 2.75) is 44.8 Å². The van der Waals surface area contributed by atoms with Crippen LogP contribution in [0.5, 0.6) is 0 Å². The minimum atomic E-state index is -0.368. The van der Waals surface area contributed by atoms with Gasteiger partial charge in [0, 0.05) is 33.0 Å². The Labute approximate surface area is 104 Å². The van der Waals surface area contributed by atoms with E-state index in [4.69, 9.17) is 9.47 Å². The van der Waals surface area contributed by atoms with Crippen molar-refractivity contribution < 1.29 is 13.9 Å². The van der Waals surface area contributed by atoms with E-state index in [9.17, 15) is 4.39 Å². The van der Waals surface area contributed by atoms with Gasteiger partial charge in [-0.15, -0.1) is 0 Å². The third kappa shape index (κ3) is 4.90. The van der Waals surface area contributed by atoms with Gasteiger partial charge in [0.1, 0.15) is 6.67 Å². The molecule has 0 aromatic rings. The zero-order valence-electron chi connectivity index (χ0n) is 11.2. The smallest absolute Gasteiger partial charge is 0.167 e. The van der Waals surface area contributed by atoms with Gasteiger partial charge in [0.25, 0.3) is 0 Å². The number of likely N-dealkylation sites (N-methyl/N-ethyl adjacent to an activating group) is 1. The van der Waals surface area contributed by atoms with E-state index in [1.54, 1.807) is 7.11 Å². The van der Waals surface area contributed by atoms with E-state index in [2.05, 4.69) is 4.90 Å². The van der Waals surface area contributed by atoms with Crippen LogP contribution >= 0.6 is 0 Å². The molecule has 17 heavy (non-hydrogen) atoms. The molecule has 0 aromatic carbocycles. The van der Waals surface area contributed by atoms with Crippen LogP contribution in [-0.2, 0) is 9.47 Å². The lowest BCUT2D eigenvalue weighted by atomic mass is 9.94. The minimum absolute atomic E-state index is 0.288. The zero-order valence-corrected chi connectivity index (χ0v) is 11.2. The SMILES string of the molecule is CCN(CCF)CCOC1(OC)CCCCC1. The quantitative estimate of drug-likeness (QED) is 0.615. The Balaban J connectivity index is 2.27. The Hall–Kier alpha value is -0.190. The lowest BCUT2D eigenvalue weighted by Gasteiger charge is -2.36. The van der Waals surface area contributed by atoms with Gasteiger partial charge in [0.05, 0.1) is 6.61 Å². The maximum atomic E-state index is 12.2. The zero-order chi connectivity index (χ0) is 12.6. The first kappa shape index (κ1) is 14.9. The van der Waals surface area contributed by atoms with Gasteiger partial charge in [-0.1, -0.05) is 13.3 Å². The maximum Gasteiger partial charge on any atom is 0.167 e. The Morgan fingerprint density at radius 2 is 1.88 bits per heavy atom. The van der Waals surface area contributed by atoms with Crippen LogP contribution < -0.4 is 0 Å². The summed E-state index contributed by atoms with van der Waals surface area (Å²) in [5.74, 6) is -0.368. The summed E-state index contributed by atoms with van der Waals surface area (Å²) in [6.07, 6.45) is 5.60. The maximum absolute atomic E-state index is 12.2. The molecule has 4 heteroatoms. The highest BCUT2D eigenvalue weighted by Gasteiger charge is 2.32. The molecule has 0 amide bonds. The number of nitrogens with zero attached hydrogens (tertiary/aromatic N) is 1. The van der Waals surface area contributed by atoms with Gasteiger partial charge in [0.2, 0.25) is 0 Å². The molecule has 3 nitrogen and oxygen atoms in total. The van der Waals surface area contributed by atoms with Crippen LogP contribution in [0.2, 0.25) is 0 Å². The number of ether oxygens (including phenoxy) is 2. The van der Waals surface area contributed by atoms with E-state index in [0.717, 1.165) is 25.9 Å². The molecule has 0 atom stereocenters. The summed E-state index contributed by atoms with van der Waals surface area (Å²) < 4.78 is 23.7. The first-order valence-electron chi connectivity index (χ1n) is 6.74. The molecule has 0 saturated heterocycles. The highest BCUT2D eigenvalue weighted by atomic mass is 19.1. The average Bonchev–Trinajstić information content (AvgIpc) is 2.39. The van der Waals surface area contributed by atoms with Crippen LogP contribution in [0, 0.1) is 0 Å². The molecular weight excluding hydrogens is 221 g/mol. The lowest BCUT2D eigenvalue weighted by Crippen LogP contribution is -2.40. The minimum Gasteiger partial charge on any atom is -0.353 e. The van der Waals surface area contributed by atoms with E-state index in [1.807, 2.05) is 6.92 Å². The number of rotatable bonds is 8. The normalized spacial score (nSPS) is 19.8. The topological polar surface area (TPSA) is 21.7 Å². The fraction of sp³-hybridized carbons (Fsp3) is 1.00. The van der Waals surface area contributed by atoms with Crippen LogP contribution in [0.3, 0.4) is 0 Å². The van der Waals surface area contributed by atoms with Gasteiger partial charge in [0.15, 0.2) is 5.79 Å². The third-order valence-electron chi connectivity index (χ3n) is 3.61. The second-order valence-corrected chi connectivity index (χ2v) is 4.65. The molecule has 1 fully saturated rings. The molecule has 0 unspecified atom stereocenters. The van der Waals surface area contributed by atoms with E-state index < -0.39 is 0 Å². The van der Waals surface area contributed by atoms with Gasteiger partial charge in [-0.2, -0.15) is 0 Å². The van der Waals surface area contributed by atoms with Crippen molar-refractivity contribution in [2.24, 2.45) is 0 Å². The van der Waals surface area contributed by atoms with Gasteiger partial charge in [-0.3, -0.25) is 4.90 Å². The van der Waals surface area contributed by atoms with Crippen molar-refractivity contribution in [3.05, 3.63) is 0 Å². The Kier molecular flexibility index (Phi) is 7.00. The first-order valence-corrected chi connectivity index (χ1v) is 6.74. The number of hydrogen-bond acceptors (Lipinski definition) is 3. The summed E-state index contributed by atoms with van der Waals surface area (Å²) >= 11 is 0. The fourth-order valence-corrected chi connectivity index (χ4v) is 2.41. The Morgan fingerprint density at radius 3 is 2.41 bits per heavy atom. The number of methoxy groups -OCH3 is 1. The van der Waals surface area contributed by atoms with Gasteiger partial charge in [-0.05, 0) is 19.4 Å².